The number of benzene rings is 1. The van der Waals surface area contributed by atoms with E-state index in [-0.39, 0.29) is 6.10 Å². The van der Waals surface area contributed by atoms with Crippen molar-refractivity contribution in [3.05, 3.63) is 28.8 Å². The third-order valence-corrected chi connectivity index (χ3v) is 4.13. The number of nitrogens with one attached hydrogen (secondary N) is 1. The van der Waals surface area contributed by atoms with Crippen molar-refractivity contribution in [3.63, 3.8) is 0 Å². The summed E-state index contributed by atoms with van der Waals surface area (Å²) in [5, 5.41) is 14.2. The molecule has 0 bridgehead atoms. The molecule has 1 aliphatic heterocycles. The molecule has 2 unspecified atom stereocenters. The highest BCUT2D eigenvalue weighted by molar-refractivity contribution is 6.30. The SMILES string of the molecule is CCNCc1ccc(Cl)cc1N1CC(O)CC1CN(C)C. The van der Waals surface area contributed by atoms with Gasteiger partial charge in [-0.3, -0.25) is 0 Å². The molecule has 1 fully saturated rings. The molecule has 0 aliphatic carbocycles. The Bertz CT molecular complexity index is 467. The van der Waals surface area contributed by atoms with E-state index in [1.807, 2.05) is 12.1 Å². The summed E-state index contributed by atoms with van der Waals surface area (Å²) in [5.41, 5.74) is 2.38. The standard InChI is InChI=1S/C16H26ClN3O/c1-4-18-9-12-5-6-13(17)7-16(12)20-11-15(21)8-14(20)10-19(2)3/h5-7,14-15,18,21H,4,8-11H2,1-3H3. The lowest BCUT2D eigenvalue weighted by Gasteiger charge is -2.30. The van der Waals surface area contributed by atoms with Gasteiger partial charge in [0.25, 0.3) is 0 Å². The maximum Gasteiger partial charge on any atom is 0.0735 e. The van der Waals surface area contributed by atoms with Gasteiger partial charge in [0.1, 0.15) is 0 Å². The van der Waals surface area contributed by atoms with Gasteiger partial charge in [-0.25, -0.2) is 0 Å². The van der Waals surface area contributed by atoms with Crippen molar-refractivity contribution in [1.29, 1.82) is 0 Å². The van der Waals surface area contributed by atoms with E-state index in [0.717, 1.165) is 36.8 Å². The van der Waals surface area contributed by atoms with Gasteiger partial charge in [-0.1, -0.05) is 24.6 Å². The predicted molar refractivity (Wildman–Crippen MR) is 89.1 cm³/mol. The molecule has 1 heterocycles. The van der Waals surface area contributed by atoms with Gasteiger partial charge in [0.05, 0.1) is 6.10 Å². The van der Waals surface area contributed by atoms with Crippen LogP contribution in [0.4, 0.5) is 5.69 Å². The molecular formula is C16H26ClN3O. The zero-order chi connectivity index (χ0) is 15.4. The van der Waals surface area contributed by atoms with Gasteiger partial charge < -0.3 is 20.2 Å². The molecule has 0 spiro atoms. The third-order valence-electron chi connectivity index (χ3n) is 3.89. The number of hydrogen-bond acceptors (Lipinski definition) is 4. The van der Waals surface area contributed by atoms with Crippen LogP contribution < -0.4 is 10.2 Å². The summed E-state index contributed by atoms with van der Waals surface area (Å²) in [5.74, 6) is 0. The van der Waals surface area contributed by atoms with E-state index >= 15 is 0 Å². The molecule has 1 aliphatic rings. The fourth-order valence-electron chi connectivity index (χ4n) is 3.00. The Morgan fingerprint density at radius 1 is 1.43 bits per heavy atom. The molecule has 2 rings (SSSR count). The molecule has 4 nitrogen and oxygen atoms in total. The van der Waals surface area contributed by atoms with Crippen LogP contribution in [-0.2, 0) is 6.54 Å². The normalized spacial score (nSPS) is 22.3. The Balaban J connectivity index is 2.27. The van der Waals surface area contributed by atoms with E-state index in [1.165, 1.54) is 5.56 Å². The number of aliphatic hydroxyl groups is 1. The lowest BCUT2D eigenvalue weighted by Crippen LogP contribution is -2.38. The number of likely N-dealkylation sites (N-methyl/N-ethyl adjacent to an activating group) is 1. The lowest BCUT2D eigenvalue weighted by molar-refractivity contribution is 0.191. The fraction of sp³-hybridized carbons (Fsp3) is 0.625. The summed E-state index contributed by atoms with van der Waals surface area (Å²) >= 11 is 6.20. The van der Waals surface area contributed by atoms with Gasteiger partial charge in [0.15, 0.2) is 0 Å². The van der Waals surface area contributed by atoms with Crippen molar-refractivity contribution in [2.75, 3.05) is 38.6 Å². The third kappa shape index (κ3) is 4.33. The minimum Gasteiger partial charge on any atom is -0.391 e. The minimum atomic E-state index is -0.263. The maximum atomic E-state index is 10.1. The van der Waals surface area contributed by atoms with Crippen LogP contribution in [0.15, 0.2) is 18.2 Å². The molecule has 1 aromatic carbocycles. The average molecular weight is 312 g/mol. The molecule has 1 saturated heterocycles. The fourth-order valence-corrected chi connectivity index (χ4v) is 3.16. The van der Waals surface area contributed by atoms with E-state index in [2.05, 4.69) is 42.2 Å². The minimum absolute atomic E-state index is 0.263. The Morgan fingerprint density at radius 3 is 2.86 bits per heavy atom. The molecule has 0 saturated carbocycles. The molecule has 118 valence electrons. The predicted octanol–water partition coefficient (Wildman–Crippen LogP) is 1.95. The molecule has 0 aromatic heterocycles. The summed E-state index contributed by atoms with van der Waals surface area (Å²) in [6.45, 7) is 5.47. The highest BCUT2D eigenvalue weighted by Gasteiger charge is 2.32. The zero-order valence-electron chi connectivity index (χ0n) is 13.1. The number of β-amino-alcohol motifs (C(OH)–C–C–N with tert-alkyl or cyclic N) is 1. The van der Waals surface area contributed by atoms with Crippen LogP contribution in [0.25, 0.3) is 0 Å². The Labute approximate surface area is 132 Å². The van der Waals surface area contributed by atoms with Crippen molar-refractivity contribution >= 4 is 17.3 Å². The van der Waals surface area contributed by atoms with Crippen LogP contribution in [0.3, 0.4) is 0 Å². The van der Waals surface area contributed by atoms with Gasteiger partial charge >= 0.3 is 0 Å². The molecule has 2 N–H and O–H groups in total. The molecule has 5 heteroatoms. The first kappa shape index (κ1) is 16.6. The summed E-state index contributed by atoms with van der Waals surface area (Å²) in [6.07, 6.45) is 0.548. The average Bonchev–Trinajstić information content (AvgIpc) is 2.77. The Morgan fingerprint density at radius 2 is 2.19 bits per heavy atom. The first-order chi connectivity index (χ1) is 10.0. The number of halogens is 1. The van der Waals surface area contributed by atoms with Crippen LogP contribution >= 0.6 is 11.6 Å². The zero-order valence-corrected chi connectivity index (χ0v) is 13.9. The van der Waals surface area contributed by atoms with Crippen molar-refractivity contribution in [2.24, 2.45) is 0 Å². The topological polar surface area (TPSA) is 38.7 Å². The van der Waals surface area contributed by atoms with Crippen molar-refractivity contribution in [3.8, 4) is 0 Å². The molecule has 2 atom stereocenters. The van der Waals surface area contributed by atoms with Crippen molar-refractivity contribution in [2.45, 2.75) is 32.0 Å². The van der Waals surface area contributed by atoms with Crippen molar-refractivity contribution < 1.29 is 5.11 Å². The van der Waals surface area contributed by atoms with Gasteiger partial charge in [-0.05, 0) is 44.8 Å². The highest BCUT2D eigenvalue weighted by Crippen LogP contribution is 2.31. The van der Waals surface area contributed by atoms with Crippen LogP contribution in [0.5, 0.6) is 0 Å². The van der Waals surface area contributed by atoms with Gasteiger partial charge in [-0.2, -0.15) is 0 Å². The van der Waals surface area contributed by atoms with E-state index in [0.29, 0.717) is 12.6 Å². The molecular weight excluding hydrogens is 286 g/mol. The van der Waals surface area contributed by atoms with E-state index < -0.39 is 0 Å². The van der Waals surface area contributed by atoms with Gasteiger partial charge in [0, 0.05) is 36.4 Å². The first-order valence-electron chi connectivity index (χ1n) is 7.59. The number of anilines is 1. The van der Waals surface area contributed by atoms with Crippen LogP contribution in [0.2, 0.25) is 5.02 Å². The molecule has 0 radical (unpaired) electrons. The summed E-state index contributed by atoms with van der Waals surface area (Å²) in [4.78, 5) is 4.48. The Kier molecular flexibility index (Phi) is 5.88. The highest BCUT2D eigenvalue weighted by atomic mass is 35.5. The van der Waals surface area contributed by atoms with Gasteiger partial charge in [-0.15, -0.1) is 0 Å². The largest absolute Gasteiger partial charge is 0.391 e. The summed E-state index contributed by atoms with van der Waals surface area (Å²) < 4.78 is 0. The second-order valence-electron chi connectivity index (χ2n) is 6.01. The van der Waals surface area contributed by atoms with E-state index in [4.69, 9.17) is 11.6 Å². The first-order valence-corrected chi connectivity index (χ1v) is 7.97. The second kappa shape index (κ2) is 7.45. The smallest absolute Gasteiger partial charge is 0.0735 e. The van der Waals surface area contributed by atoms with E-state index in [9.17, 15) is 5.11 Å². The quantitative estimate of drug-likeness (QED) is 0.842. The Hall–Kier alpha value is -0.810. The molecule has 21 heavy (non-hydrogen) atoms. The maximum absolute atomic E-state index is 10.1. The van der Waals surface area contributed by atoms with Crippen molar-refractivity contribution in [1.82, 2.24) is 10.2 Å². The molecule has 0 amide bonds. The van der Waals surface area contributed by atoms with E-state index in [1.54, 1.807) is 0 Å². The number of nitrogens with zero attached hydrogens (tertiary/aromatic N) is 2. The monoisotopic (exact) mass is 311 g/mol. The van der Waals surface area contributed by atoms with Crippen LogP contribution in [0.1, 0.15) is 18.9 Å². The number of aliphatic hydroxyl groups excluding tert-OH is 1. The van der Waals surface area contributed by atoms with Crippen LogP contribution in [-0.4, -0.2) is 55.9 Å². The van der Waals surface area contributed by atoms with Gasteiger partial charge in [0.2, 0.25) is 0 Å². The summed E-state index contributed by atoms with van der Waals surface area (Å²) in [6, 6.07) is 6.37. The molecule has 1 aromatic rings. The number of rotatable bonds is 6. The van der Waals surface area contributed by atoms with Crippen LogP contribution in [0, 0.1) is 0 Å². The summed E-state index contributed by atoms with van der Waals surface area (Å²) in [7, 11) is 4.14. The number of hydrogen-bond donors (Lipinski definition) is 2. The second-order valence-corrected chi connectivity index (χ2v) is 6.45. The lowest BCUT2D eigenvalue weighted by atomic mass is 10.1.